The lowest BCUT2D eigenvalue weighted by atomic mass is 10.1. The number of benzene rings is 1. The number of H-pyrrole nitrogens is 2. The third-order valence-electron chi connectivity index (χ3n) is 5.55. The van der Waals surface area contributed by atoms with E-state index in [1.54, 1.807) is 0 Å². The van der Waals surface area contributed by atoms with Crippen molar-refractivity contribution in [1.29, 1.82) is 0 Å². The quantitative estimate of drug-likeness (QED) is 0.289. The molecule has 0 amide bonds. The predicted octanol–water partition coefficient (Wildman–Crippen LogP) is 6.68. The first kappa shape index (κ1) is 22.7. The standard InChI is InChI=1S/C28H33N3O2/c1-2-3-18-33-28-21-26(25-14-10-17-29-25)31-27(28)20-23-16-15-22(30-23)11-6-5-9-19-32-24-12-7-4-8-13-24/h4,7-8,10,12-17,20-21,29-30H,2-3,5-6,9,11,18-19H2,1H3. The summed E-state index contributed by atoms with van der Waals surface area (Å²) < 4.78 is 11.8. The van der Waals surface area contributed by atoms with Gasteiger partial charge in [-0.05, 0) is 74.6 Å². The van der Waals surface area contributed by atoms with E-state index in [4.69, 9.17) is 14.5 Å². The van der Waals surface area contributed by atoms with Crippen molar-refractivity contribution in [1.82, 2.24) is 9.97 Å². The van der Waals surface area contributed by atoms with Gasteiger partial charge < -0.3 is 19.4 Å². The molecule has 1 aliphatic rings. The van der Waals surface area contributed by atoms with Gasteiger partial charge in [-0.2, -0.15) is 0 Å². The Bertz CT molecular complexity index is 1080. The van der Waals surface area contributed by atoms with Crippen LogP contribution in [0, 0.1) is 0 Å². The number of hydrogen-bond acceptors (Lipinski definition) is 3. The molecule has 0 spiro atoms. The number of unbranched alkanes of at least 4 members (excludes halogenated alkanes) is 3. The number of aromatic nitrogens is 2. The number of aliphatic imine (C=N–C) groups is 1. The molecule has 3 heterocycles. The first-order chi connectivity index (χ1) is 16.3. The summed E-state index contributed by atoms with van der Waals surface area (Å²) >= 11 is 0. The Morgan fingerprint density at radius 2 is 1.76 bits per heavy atom. The number of hydrogen-bond donors (Lipinski definition) is 2. The van der Waals surface area contributed by atoms with E-state index in [-0.39, 0.29) is 0 Å². The fourth-order valence-electron chi connectivity index (χ4n) is 3.73. The Morgan fingerprint density at radius 1 is 0.879 bits per heavy atom. The lowest BCUT2D eigenvalue weighted by molar-refractivity contribution is 0.216. The van der Waals surface area contributed by atoms with Crippen molar-refractivity contribution in [2.75, 3.05) is 13.2 Å². The molecule has 0 fully saturated rings. The van der Waals surface area contributed by atoms with Gasteiger partial charge in [-0.3, -0.25) is 0 Å². The highest BCUT2D eigenvalue weighted by molar-refractivity contribution is 6.11. The Labute approximate surface area is 196 Å². The summed E-state index contributed by atoms with van der Waals surface area (Å²) in [5.74, 6) is 1.78. The van der Waals surface area contributed by atoms with Crippen LogP contribution in [0.2, 0.25) is 0 Å². The number of rotatable bonds is 13. The molecule has 0 atom stereocenters. The van der Waals surface area contributed by atoms with Crippen LogP contribution in [-0.4, -0.2) is 28.9 Å². The fraction of sp³-hybridized carbons (Fsp3) is 0.321. The van der Waals surface area contributed by atoms with Gasteiger partial charge in [-0.1, -0.05) is 31.5 Å². The van der Waals surface area contributed by atoms with Crippen LogP contribution in [0.25, 0.3) is 6.08 Å². The summed E-state index contributed by atoms with van der Waals surface area (Å²) in [4.78, 5) is 11.6. The SMILES string of the molecule is CCCCOC1=CC(c2ccc[nH]2)=NC1=Cc1ccc(CCCCCOc2ccccc2)[nH]1. The molecule has 0 unspecified atom stereocenters. The molecule has 0 aliphatic carbocycles. The molecular weight excluding hydrogens is 410 g/mol. The van der Waals surface area contributed by atoms with E-state index < -0.39 is 0 Å². The highest BCUT2D eigenvalue weighted by Gasteiger charge is 2.18. The van der Waals surface area contributed by atoms with Crippen molar-refractivity contribution < 1.29 is 9.47 Å². The smallest absolute Gasteiger partial charge is 0.147 e. The van der Waals surface area contributed by atoms with Crippen LogP contribution in [0.5, 0.6) is 5.75 Å². The Balaban J connectivity index is 1.29. The Kier molecular flexibility index (Phi) is 8.23. The van der Waals surface area contributed by atoms with Gasteiger partial charge in [0.1, 0.15) is 17.2 Å². The first-order valence-electron chi connectivity index (χ1n) is 12.0. The highest BCUT2D eigenvalue weighted by atomic mass is 16.5. The van der Waals surface area contributed by atoms with Crippen molar-refractivity contribution in [2.24, 2.45) is 4.99 Å². The number of ether oxygens (including phenoxy) is 2. The maximum absolute atomic E-state index is 6.04. The Hall–Kier alpha value is -3.47. The van der Waals surface area contributed by atoms with Crippen molar-refractivity contribution in [2.45, 2.75) is 45.4 Å². The van der Waals surface area contributed by atoms with Crippen LogP contribution in [-0.2, 0) is 11.2 Å². The molecule has 3 aromatic rings. The summed E-state index contributed by atoms with van der Waals surface area (Å²) in [5.41, 5.74) is 5.06. The molecule has 5 heteroatoms. The van der Waals surface area contributed by atoms with Crippen molar-refractivity contribution in [3.8, 4) is 5.75 Å². The Morgan fingerprint density at radius 3 is 2.58 bits per heavy atom. The second kappa shape index (κ2) is 12.0. The summed E-state index contributed by atoms with van der Waals surface area (Å²) in [7, 11) is 0. The van der Waals surface area contributed by atoms with Gasteiger partial charge >= 0.3 is 0 Å². The second-order valence-corrected chi connectivity index (χ2v) is 8.23. The van der Waals surface area contributed by atoms with Crippen molar-refractivity contribution in [3.63, 3.8) is 0 Å². The number of allylic oxidation sites excluding steroid dienone is 1. The van der Waals surface area contributed by atoms with Gasteiger partial charge in [0.05, 0.1) is 24.6 Å². The average molecular weight is 444 g/mol. The van der Waals surface area contributed by atoms with E-state index in [2.05, 4.69) is 35.1 Å². The maximum Gasteiger partial charge on any atom is 0.147 e. The molecule has 0 saturated heterocycles. The third-order valence-corrected chi connectivity index (χ3v) is 5.55. The molecule has 2 aromatic heterocycles. The van der Waals surface area contributed by atoms with Crippen LogP contribution >= 0.6 is 0 Å². The molecular formula is C28H33N3O2. The van der Waals surface area contributed by atoms with Gasteiger partial charge in [0.15, 0.2) is 0 Å². The molecule has 172 valence electrons. The van der Waals surface area contributed by atoms with Gasteiger partial charge in [0.2, 0.25) is 0 Å². The fourth-order valence-corrected chi connectivity index (χ4v) is 3.73. The molecule has 5 nitrogen and oxygen atoms in total. The molecule has 0 bridgehead atoms. The van der Waals surface area contributed by atoms with Crippen LogP contribution in [0.3, 0.4) is 0 Å². The van der Waals surface area contributed by atoms with Gasteiger partial charge in [0.25, 0.3) is 0 Å². The molecule has 0 radical (unpaired) electrons. The first-order valence-corrected chi connectivity index (χ1v) is 12.0. The minimum absolute atomic E-state index is 0.706. The summed E-state index contributed by atoms with van der Waals surface area (Å²) in [6, 6.07) is 18.3. The average Bonchev–Trinajstić information content (AvgIpc) is 3.59. The molecule has 4 rings (SSSR count). The van der Waals surface area contributed by atoms with Crippen LogP contribution in [0.4, 0.5) is 0 Å². The van der Waals surface area contributed by atoms with E-state index >= 15 is 0 Å². The van der Waals surface area contributed by atoms with E-state index in [1.165, 1.54) is 5.69 Å². The molecule has 0 saturated carbocycles. The van der Waals surface area contributed by atoms with Crippen molar-refractivity contribution in [3.05, 3.63) is 95.4 Å². The minimum atomic E-state index is 0.706. The van der Waals surface area contributed by atoms with Gasteiger partial charge in [0, 0.05) is 23.7 Å². The minimum Gasteiger partial charge on any atom is -0.494 e. The van der Waals surface area contributed by atoms with E-state index in [1.807, 2.05) is 54.7 Å². The second-order valence-electron chi connectivity index (χ2n) is 8.23. The number of nitrogens with one attached hydrogen (secondary N) is 2. The largest absolute Gasteiger partial charge is 0.494 e. The molecule has 1 aromatic carbocycles. The van der Waals surface area contributed by atoms with E-state index in [0.717, 1.165) is 79.4 Å². The third kappa shape index (κ3) is 6.75. The zero-order valence-corrected chi connectivity index (χ0v) is 19.3. The van der Waals surface area contributed by atoms with E-state index in [9.17, 15) is 0 Å². The molecule has 2 N–H and O–H groups in total. The lowest BCUT2D eigenvalue weighted by Crippen LogP contribution is -1.97. The monoisotopic (exact) mass is 443 g/mol. The van der Waals surface area contributed by atoms with Gasteiger partial charge in [-0.25, -0.2) is 4.99 Å². The normalized spacial score (nSPS) is 14.4. The highest BCUT2D eigenvalue weighted by Crippen LogP contribution is 2.25. The molecule has 33 heavy (non-hydrogen) atoms. The number of aryl methyl sites for hydroxylation is 1. The van der Waals surface area contributed by atoms with Gasteiger partial charge in [-0.15, -0.1) is 0 Å². The van der Waals surface area contributed by atoms with Crippen LogP contribution < -0.4 is 4.74 Å². The topological polar surface area (TPSA) is 62.4 Å². The summed E-state index contributed by atoms with van der Waals surface area (Å²) in [5, 5.41) is 0. The zero-order chi connectivity index (χ0) is 22.7. The summed E-state index contributed by atoms with van der Waals surface area (Å²) in [6.45, 7) is 3.64. The van der Waals surface area contributed by atoms with Crippen LogP contribution in [0.15, 0.2) is 83.3 Å². The van der Waals surface area contributed by atoms with Crippen LogP contribution in [0.1, 0.15) is 56.1 Å². The number of aromatic amines is 2. The lowest BCUT2D eigenvalue weighted by Gasteiger charge is -2.06. The zero-order valence-electron chi connectivity index (χ0n) is 19.3. The molecule has 1 aliphatic heterocycles. The van der Waals surface area contributed by atoms with Crippen molar-refractivity contribution >= 4 is 11.8 Å². The summed E-state index contributed by atoms with van der Waals surface area (Å²) in [6.07, 6.45) is 12.5. The number of para-hydroxylation sites is 1. The number of nitrogens with zero attached hydrogens (tertiary/aromatic N) is 1. The predicted molar refractivity (Wildman–Crippen MR) is 135 cm³/mol. The van der Waals surface area contributed by atoms with E-state index in [0.29, 0.717) is 6.61 Å². The maximum atomic E-state index is 6.04.